The van der Waals surface area contributed by atoms with Crippen molar-refractivity contribution in [2.75, 3.05) is 20.1 Å². The molecule has 3 heteroatoms. The van der Waals surface area contributed by atoms with Crippen molar-refractivity contribution in [1.82, 2.24) is 10.2 Å². The van der Waals surface area contributed by atoms with Crippen LogP contribution in [0, 0.1) is 0 Å². The molecule has 3 nitrogen and oxygen atoms in total. The van der Waals surface area contributed by atoms with Gasteiger partial charge in [-0.25, -0.2) is 0 Å². The molecule has 0 bridgehead atoms. The van der Waals surface area contributed by atoms with E-state index in [1.807, 2.05) is 6.07 Å². The number of rotatable bonds is 5. The van der Waals surface area contributed by atoms with Crippen LogP contribution in [-0.2, 0) is 6.54 Å². The zero-order chi connectivity index (χ0) is 13.7. The zero-order valence-electron chi connectivity index (χ0n) is 12.4. The van der Waals surface area contributed by atoms with E-state index in [0.717, 1.165) is 18.8 Å². The second-order valence-electron chi connectivity index (χ2n) is 5.80. The Hall–Kier alpha value is -1.06. The zero-order valence-corrected chi connectivity index (χ0v) is 12.4. The highest BCUT2D eigenvalue weighted by molar-refractivity contribution is 5.28. The number of likely N-dealkylation sites (tertiary alicyclic amines) is 1. The van der Waals surface area contributed by atoms with Crippen molar-refractivity contribution in [3.05, 3.63) is 29.8 Å². The molecule has 0 radical (unpaired) electrons. The summed E-state index contributed by atoms with van der Waals surface area (Å²) in [5, 5.41) is 3.65. The Bertz CT molecular complexity index is 392. The molecule has 106 valence electrons. The molecule has 1 fully saturated rings. The van der Waals surface area contributed by atoms with Crippen LogP contribution in [0.4, 0.5) is 0 Å². The van der Waals surface area contributed by atoms with Gasteiger partial charge in [0.1, 0.15) is 5.75 Å². The van der Waals surface area contributed by atoms with E-state index in [0.29, 0.717) is 6.04 Å². The van der Waals surface area contributed by atoms with Crippen LogP contribution < -0.4 is 10.1 Å². The normalized spacial score (nSPS) is 20.7. The van der Waals surface area contributed by atoms with E-state index in [2.05, 4.69) is 49.3 Å². The first-order chi connectivity index (χ1) is 9.13. The highest BCUT2D eigenvalue weighted by atomic mass is 16.5. The average Bonchev–Trinajstić information content (AvgIpc) is 2.36. The van der Waals surface area contributed by atoms with Gasteiger partial charge >= 0.3 is 0 Å². The van der Waals surface area contributed by atoms with Crippen LogP contribution in [-0.4, -0.2) is 37.2 Å². The Morgan fingerprint density at radius 2 is 2.26 bits per heavy atom. The van der Waals surface area contributed by atoms with Crippen LogP contribution in [0.25, 0.3) is 0 Å². The van der Waals surface area contributed by atoms with Gasteiger partial charge in [0, 0.05) is 19.1 Å². The van der Waals surface area contributed by atoms with Crippen molar-refractivity contribution in [1.29, 1.82) is 0 Å². The molecular weight excluding hydrogens is 236 g/mol. The minimum absolute atomic E-state index is 0.232. The lowest BCUT2D eigenvalue weighted by Gasteiger charge is -2.30. The van der Waals surface area contributed by atoms with E-state index < -0.39 is 0 Å². The van der Waals surface area contributed by atoms with Gasteiger partial charge in [-0.2, -0.15) is 0 Å². The van der Waals surface area contributed by atoms with Crippen LogP contribution >= 0.6 is 0 Å². The number of ether oxygens (including phenoxy) is 1. The fraction of sp³-hybridized carbons (Fsp3) is 0.625. The van der Waals surface area contributed by atoms with Crippen molar-refractivity contribution in [3.8, 4) is 5.75 Å². The van der Waals surface area contributed by atoms with Crippen LogP contribution in [0.1, 0.15) is 32.3 Å². The Morgan fingerprint density at radius 3 is 3.00 bits per heavy atom. The third-order valence-electron chi connectivity index (χ3n) is 3.49. The largest absolute Gasteiger partial charge is 0.491 e. The first kappa shape index (κ1) is 14.4. The summed E-state index contributed by atoms with van der Waals surface area (Å²) in [5.41, 5.74) is 1.30. The molecule has 1 N–H and O–H groups in total. The summed E-state index contributed by atoms with van der Waals surface area (Å²) in [6.07, 6.45) is 2.81. The van der Waals surface area contributed by atoms with Crippen molar-refractivity contribution in [3.63, 3.8) is 0 Å². The molecule has 1 aliphatic rings. The molecule has 1 heterocycles. The van der Waals surface area contributed by atoms with Crippen molar-refractivity contribution in [2.24, 2.45) is 0 Å². The summed E-state index contributed by atoms with van der Waals surface area (Å²) in [6, 6.07) is 9.01. The third kappa shape index (κ3) is 4.84. The van der Waals surface area contributed by atoms with Gasteiger partial charge in [0.2, 0.25) is 0 Å². The van der Waals surface area contributed by atoms with E-state index in [1.165, 1.54) is 24.9 Å². The molecule has 1 unspecified atom stereocenters. The van der Waals surface area contributed by atoms with Gasteiger partial charge in [-0.1, -0.05) is 12.1 Å². The first-order valence-electron chi connectivity index (χ1n) is 7.31. The smallest absolute Gasteiger partial charge is 0.120 e. The number of hydrogen-bond acceptors (Lipinski definition) is 3. The highest BCUT2D eigenvalue weighted by Gasteiger charge is 2.16. The lowest BCUT2D eigenvalue weighted by molar-refractivity contribution is 0.226. The standard InChI is InChI=1S/C16H26N2O/c1-13(2)19-16-8-4-6-14(10-16)11-17-15-7-5-9-18(3)12-15/h4,6,8,10,13,15,17H,5,7,9,11-12H2,1-3H3. The molecule has 1 aliphatic heterocycles. The van der Waals surface area contributed by atoms with E-state index in [1.54, 1.807) is 0 Å². The minimum Gasteiger partial charge on any atom is -0.491 e. The molecule has 1 atom stereocenters. The van der Waals surface area contributed by atoms with Crippen molar-refractivity contribution >= 4 is 0 Å². The molecule has 1 aromatic carbocycles. The summed E-state index contributed by atoms with van der Waals surface area (Å²) in [4.78, 5) is 2.40. The summed E-state index contributed by atoms with van der Waals surface area (Å²) >= 11 is 0. The van der Waals surface area contributed by atoms with E-state index in [4.69, 9.17) is 4.74 Å². The van der Waals surface area contributed by atoms with Crippen LogP contribution in [0.15, 0.2) is 24.3 Å². The molecular formula is C16H26N2O. The second kappa shape index (κ2) is 6.92. The predicted molar refractivity (Wildman–Crippen MR) is 79.6 cm³/mol. The molecule has 0 aliphatic carbocycles. The van der Waals surface area contributed by atoms with Gasteiger partial charge in [-0.15, -0.1) is 0 Å². The fourth-order valence-electron chi connectivity index (χ4n) is 2.60. The topological polar surface area (TPSA) is 24.5 Å². The number of hydrogen-bond donors (Lipinski definition) is 1. The molecule has 1 saturated heterocycles. The van der Waals surface area contributed by atoms with Gasteiger partial charge in [-0.3, -0.25) is 0 Å². The number of piperidine rings is 1. The van der Waals surface area contributed by atoms with E-state index in [9.17, 15) is 0 Å². The maximum absolute atomic E-state index is 5.73. The quantitative estimate of drug-likeness (QED) is 0.883. The molecule has 2 rings (SSSR count). The summed E-state index contributed by atoms with van der Waals surface area (Å²) in [7, 11) is 2.20. The molecule has 0 amide bonds. The predicted octanol–water partition coefficient (Wildman–Crippen LogP) is 2.66. The Balaban J connectivity index is 1.85. The van der Waals surface area contributed by atoms with Crippen molar-refractivity contribution in [2.45, 2.75) is 45.4 Å². The average molecular weight is 262 g/mol. The van der Waals surface area contributed by atoms with Gasteiger partial charge in [-0.05, 0) is 58.0 Å². The number of benzene rings is 1. The number of nitrogens with one attached hydrogen (secondary N) is 1. The van der Waals surface area contributed by atoms with Gasteiger partial charge in [0.15, 0.2) is 0 Å². The molecule has 19 heavy (non-hydrogen) atoms. The fourth-order valence-corrected chi connectivity index (χ4v) is 2.60. The number of nitrogens with zero attached hydrogens (tertiary/aromatic N) is 1. The molecule has 0 aromatic heterocycles. The Labute approximate surface area is 116 Å². The lowest BCUT2D eigenvalue weighted by atomic mass is 10.1. The third-order valence-corrected chi connectivity index (χ3v) is 3.49. The monoisotopic (exact) mass is 262 g/mol. The number of likely N-dealkylation sites (N-methyl/N-ethyl adjacent to an activating group) is 1. The molecule has 0 saturated carbocycles. The molecule has 0 spiro atoms. The summed E-state index contributed by atoms with van der Waals surface area (Å²) in [5.74, 6) is 0.968. The summed E-state index contributed by atoms with van der Waals surface area (Å²) < 4.78 is 5.73. The SMILES string of the molecule is CC(C)Oc1cccc(CNC2CCCN(C)C2)c1. The van der Waals surface area contributed by atoms with Gasteiger partial charge in [0.25, 0.3) is 0 Å². The Morgan fingerprint density at radius 1 is 1.42 bits per heavy atom. The van der Waals surface area contributed by atoms with E-state index in [-0.39, 0.29) is 6.10 Å². The van der Waals surface area contributed by atoms with Crippen molar-refractivity contribution < 1.29 is 4.74 Å². The lowest BCUT2D eigenvalue weighted by Crippen LogP contribution is -2.43. The minimum atomic E-state index is 0.232. The first-order valence-corrected chi connectivity index (χ1v) is 7.31. The highest BCUT2D eigenvalue weighted by Crippen LogP contribution is 2.15. The second-order valence-corrected chi connectivity index (χ2v) is 5.80. The Kier molecular flexibility index (Phi) is 5.23. The summed E-state index contributed by atoms with van der Waals surface area (Å²) in [6.45, 7) is 7.43. The maximum Gasteiger partial charge on any atom is 0.120 e. The van der Waals surface area contributed by atoms with Gasteiger partial charge < -0.3 is 15.0 Å². The van der Waals surface area contributed by atoms with Crippen LogP contribution in [0.2, 0.25) is 0 Å². The van der Waals surface area contributed by atoms with Crippen LogP contribution in [0.5, 0.6) is 5.75 Å². The maximum atomic E-state index is 5.73. The van der Waals surface area contributed by atoms with Crippen LogP contribution in [0.3, 0.4) is 0 Å². The molecule has 1 aromatic rings. The van der Waals surface area contributed by atoms with E-state index >= 15 is 0 Å². The van der Waals surface area contributed by atoms with Gasteiger partial charge in [0.05, 0.1) is 6.10 Å².